The second-order valence-electron chi connectivity index (χ2n) is 9.19. The molecular weight excluding hydrogens is 567 g/mol. The predicted molar refractivity (Wildman–Crippen MR) is 144 cm³/mol. The number of rotatable bonds is 6. The van der Waals surface area contributed by atoms with Gasteiger partial charge in [0.2, 0.25) is 0 Å². The molecule has 182 valence electrons. The van der Waals surface area contributed by atoms with Crippen molar-refractivity contribution in [1.82, 2.24) is 5.01 Å². The minimum Gasteiger partial charge on any atom is -0.490 e. The number of nitrogens with zero attached hydrogens (tertiary/aromatic N) is 2. The van der Waals surface area contributed by atoms with Crippen LogP contribution in [0, 0.1) is 15.4 Å². The van der Waals surface area contributed by atoms with Gasteiger partial charge in [-0.25, -0.2) is 0 Å². The predicted octanol–water partition coefficient (Wildman–Crippen LogP) is 5.31. The summed E-state index contributed by atoms with van der Waals surface area (Å²) in [6.45, 7) is 4.86. The van der Waals surface area contributed by atoms with E-state index < -0.39 is 11.8 Å². The summed E-state index contributed by atoms with van der Waals surface area (Å²) in [4.78, 5) is 27.4. The van der Waals surface area contributed by atoms with E-state index in [1.165, 1.54) is 0 Å². The molecule has 0 unspecified atom stereocenters. The standard InChI is InChI=1S/C29H25IN2O4/c1-3-35-22-14-16(13-21(30)27(22)36-4-2)15-31-32-28(33)25-23-17-9-5-6-10-18(17)24(26(25)29(32)34)20-12-8-7-11-19(20)23/h5-15,23-26H,3-4H2,1-2H3/b31-15-/t23?,24?,25-,26+. The van der Waals surface area contributed by atoms with Crippen LogP contribution in [0.3, 0.4) is 0 Å². The summed E-state index contributed by atoms with van der Waals surface area (Å²) < 4.78 is 12.4. The molecule has 3 aliphatic carbocycles. The van der Waals surface area contributed by atoms with Crippen molar-refractivity contribution in [2.24, 2.45) is 16.9 Å². The fourth-order valence-electron chi connectivity index (χ4n) is 6.11. The summed E-state index contributed by atoms with van der Waals surface area (Å²) in [6.07, 6.45) is 1.57. The fraction of sp³-hybridized carbons (Fsp3) is 0.276. The van der Waals surface area contributed by atoms with Crippen LogP contribution in [0.1, 0.15) is 53.5 Å². The van der Waals surface area contributed by atoms with Gasteiger partial charge in [-0.1, -0.05) is 48.5 Å². The molecule has 2 atom stereocenters. The molecule has 0 radical (unpaired) electrons. The second kappa shape index (κ2) is 9.03. The highest BCUT2D eigenvalue weighted by Crippen LogP contribution is 2.60. The summed E-state index contributed by atoms with van der Waals surface area (Å²) in [7, 11) is 0. The Labute approximate surface area is 223 Å². The van der Waals surface area contributed by atoms with Gasteiger partial charge in [0.05, 0.1) is 34.8 Å². The zero-order valence-corrected chi connectivity index (χ0v) is 22.1. The number of imide groups is 1. The average molecular weight is 592 g/mol. The minimum atomic E-state index is -0.441. The molecule has 0 aromatic heterocycles. The van der Waals surface area contributed by atoms with Gasteiger partial charge >= 0.3 is 0 Å². The van der Waals surface area contributed by atoms with Gasteiger partial charge in [-0.05, 0) is 76.4 Å². The first-order valence-electron chi connectivity index (χ1n) is 12.2. The Morgan fingerprint density at radius 1 is 0.833 bits per heavy atom. The van der Waals surface area contributed by atoms with Crippen molar-refractivity contribution in [1.29, 1.82) is 0 Å². The van der Waals surface area contributed by atoms with E-state index in [9.17, 15) is 9.59 Å². The molecule has 7 rings (SSSR count). The smallest absolute Gasteiger partial charge is 0.254 e. The quantitative estimate of drug-likeness (QED) is 0.221. The Bertz CT molecular complexity index is 1300. The van der Waals surface area contributed by atoms with Crippen LogP contribution >= 0.6 is 22.6 Å². The normalized spacial score (nSPS) is 23.6. The van der Waals surface area contributed by atoms with Gasteiger partial charge < -0.3 is 9.47 Å². The molecule has 36 heavy (non-hydrogen) atoms. The lowest BCUT2D eigenvalue weighted by molar-refractivity contribution is -0.139. The Morgan fingerprint density at radius 3 is 1.81 bits per heavy atom. The molecule has 2 amide bonds. The van der Waals surface area contributed by atoms with Crippen LogP contribution < -0.4 is 9.47 Å². The number of amides is 2. The number of benzene rings is 3. The van der Waals surface area contributed by atoms with Crippen LogP contribution in [-0.4, -0.2) is 36.3 Å². The topological polar surface area (TPSA) is 68.2 Å². The maximum absolute atomic E-state index is 13.7. The molecule has 0 spiro atoms. The van der Waals surface area contributed by atoms with Crippen molar-refractivity contribution in [3.8, 4) is 11.5 Å². The third-order valence-corrected chi connectivity index (χ3v) is 8.17. The van der Waals surface area contributed by atoms with Crippen molar-refractivity contribution in [3.63, 3.8) is 0 Å². The largest absolute Gasteiger partial charge is 0.490 e. The monoisotopic (exact) mass is 592 g/mol. The summed E-state index contributed by atoms with van der Waals surface area (Å²) in [5.41, 5.74) is 5.33. The van der Waals surface area contributed by atoms with Crippen LogP contribution in [0.2, 0.25) is 0 Å². The van der Waals surface area contributed by atoms with E-state index in [-0.39, 0.29) is 23.7 Å². The molecule has 1 saturated heterocycles. The number of hydrazone groups is 1. The second-order valence-corrected chi connectivity index (χ2v) is 10.4. The molecule has 7 heteroatoms. The summed E-state index contributed by atoms with van der Waals surface area (Å²) in [5, 5.41) is 5.52. The molecule has 6 nitrogen and oxygen atoms in total. The lowest BCUT2D eigenvalue weighted by Gasteiger charge is -2.45. The van der Waals surface area contributed by atoms with E-state index in [2.05, 4.69) is 52.0 Å². The Balaban J connectivity index is 1.37. The highest BCUT2D eigenvalue weighted by molar-refractivity contribution is 14.1. The Morgan fingerprint density at radius 2 is 1.33 bits per heavy atom. The van der Waals surface area contributed by atoms with Gasteiger partial charge in [-0.15, -0.1) is 0 Å². The fourth-order valence-corrected chi connectivity index (χ4v) is 6.89. The van der Waals surface area contributed by atoms with Crippen LogP contribution in [0.4, 0.5) is 0 Å². The van der Waals surface area contributed by atoms with Gasteiger partial charge in [0.15, 0.2) is 11.5 Å². The third-order valence-electron chi connectivity index (χ3n) is 7.37. The van der Waals surface area contributed by atoms with Gasteiger partial charge in [-0.2, -0.15) is 10.1 Å². The number of carbonyl (C=O) groups excluding carboxylic acids is 2. The SMILES string of the molecule is CCOc1cc(/C=N\N2C(=O)[C@@H]3C4c5ccccc5C(c5ccccc54)[C@@H]3C2=O)cc(I)c1OCC. The number of hydrogen-bond acceptors (Lipinski definition) is 5. The highest BCUT2D eigenvalue weighted by Gasteiger charge is 2.61. The van der Waals surface area contributed by atoms with Crippen LogP contribution in [0.25, 0.3) is 0 Å². The zero-order valence-electron chi connectivity index (χ0n) is 20.0. The van der Waals surface area contributed by atoms with Gasteiger partial charge in [0, 0.05) is 11.8 Å². The molecule has 2 bridgehead atoms. The number of hydrogen-bond donors (Lipinski definition) is 0. The third kappa shape index (κ3) is 3.39. The molecule has 0 saturated carbocycles. The van der Waals surface area contributed by atoms with E-state index in [4.69, 9.17) is 9.47 Å². The van der Waals surface area contributed by atoms with Crippen LogP contribution in [-0.2, 0) is 9.59 Å². The molecular formula is C29H25IN2O4. The van der Waals surface area contributed by atoms with Crippen molar-refractivity contribution in [2.45, 2.75) is 25.7 Å². The average Bonchev–Trinajstić information content (AvgIpc) is 3.15. The number of halogens is 1. The zero-order chi connectivity index (χ0) is 25.0. The first-order valence-corrected chi connectivity index (χ1v) is 13.3. The summed E-state index contributed by atoms with van der Waals surface area (Å²) in [6, 6.07) is 20.2. The molecule has 1 aliphatic heterocycles. The molecule has 0 N–H and O–H groups in total. The van der Waals surface area contributed by atoms with E-state index in [1.54, 1.807) is 6.21 Å². The maximum Gasteiger partial charge on any atom is 0.254 e. The summed E-state index contributed by atoms with van der Waals surface area (Å²) >= 11 is 2.20. The highest BCUT2D eigenvalue weighted by atomic mass is 127. The summed E-state index contributed by atoms with van der Waals surface area (Å²) in [5.74, 6) is -0.322. The lowest BCUT2D eigenvalue weighted by atomic mass is 9.55. The molecule has 3 aromatic carbocycles. The first kappa shape index (κ1) is 23.2. The minimum absolute atomic E-state index is 0.139. The molecule has 4 aliphatic rings. The Kier molecular flexibility index (Phi) is 5.82. The number of carbonyl (C=O) groups is 2. The van der Waals surface area contributed by atoms with Crippen LogP contribution in [0.15, 0.2) is 65.8 Å². The molecule has 1 fully saturated rings. The molecule has 1 heterocycles. The van der Waals surface area contributed by atoms with E-state index in [1.807, 2.05) is 50.2 Å². The van der Waals surface area contributed by atoms with E-state index in [0.29, 0.717) is 24.7 Å². The van der Waals surface area contributed by atoms with Crippen molar-refractivity contribution in [3.05, 3.63) is 92.1 Å². The maximum atomic E-state index is 13.7. The first-order chi connectivity index (χ1) is 17.5. The van der Waals surface area contributed by atoms with Crippen LogP contribution in [0.5, 0.6) is 11.5 Å². The van der Waals surface area contributed by atoms with Gasteiger partial charge in [0.1, 0.15) is 0 Å². The van der Waals surface area contributed by atoms with E-state index in [0.717, 1.165) is 36.4 Å². The van der Waals surface area contributed by atoms with Crippen molar-refractivity contribution >= 4 is 40.6 Å². The van der Waals surface area contributed by atoms with Gasteiger partial charge in [0.25, 0.3) is 11.8 Å². The van der Waals surface area contributed by atoms with Gasteiger partial charge in [-0.3, -0.25) is 9.59 Å². The Hall–Kier alpha value is -3.20. The number of ether oxygens (including phenoxy) is 2. The van der Waals surface area contributed by atoms with Crippen molar-refractivity contribution in [2.75, 3.05) is 13.2 Å². The van der Waals surface area contributed by atoms with E-state index >= 15 is 0 Å². The molecule has 3 aromatic rings. The van der Waals surface area contributed by atoms with Crippen molar-refractivity contribution < 1.29 is 19.1 Å². The lowest BCUT2D eigenvalue weighted by Crippen LogP contribution is -2.41.